The van der Waals surface area contributed by atoms with E-state index >= 15 is 0 Å². The SMILES string of the molecule is COC(=O)C1C(C)=NC2=C(C(=O)C[C@H](c3ccc(OC)cc3)C2)[C@@H]1c1ccc2c(c1)OCO2. The molecule has 0 radical (unpaired) electrons. The average molecular weight is 447 g/mol. The quantitative estimate of drug-likeness (QED) is 0.654. The normalized spacial score (nSPS) is 23.7. The number of aliphatic imine (C=N–C) groups is 1. The van der Waals surface area contributed by atoms with Crippen molar-refractivity contribution in [3.63, 3.8) is 0 Å². The molecule has 0 saturated heterocycles. The summed E-state index contributed by atoms with van der Waals surface area (Å²) in [5.74, 6) is 0.498. The van der Waals surface area contributed by atoms with Crippen LogP contribution in [0.15, 0.2) is 58.7 Å². The number of allylic oxidation sites excluding steroid dienone is 2. The van der Waals surface area contributed by atoms with Crippen LogP contribution in [0, 0.1) is 5.92 Å². The molecule has 2 heterocycles. The van der Waals surface area contributed by atoms with Crippen molar-refractivity contribution in [3.05, 3.63) is 64.9 Å². The lowest BCUT2D eigenvalue weighted by molar-refractivity contribution is -0.143. The number of esters is 1. The second kappa shape index (κ2) is 8.39. The highest BCUT2D eigenvalue weighted by molar-refractivity contribution is 6.09. The lowest BCUT2D eigenvalue weighted by Gasteiger charge is -2.36. The highest BCUT2D eigenvalue weighted by atomic mass is 16.7. The van der Waals surface area contributed by atoms with Crippen LogP contribution in [0.5, 0.6) is 17.2 Å². The van der Waals surface area contributed by atoms with Gasteiger partial charge in [0, 0.05) is 29.3 Å². The van der Waals surface area contributed by atoms with Crippen molar-refractivity contribution in [2.24, 2.45) is 10.9 Å². The van der Waals surface area contributed by atoms with Crippen LogP contribution in [-0.2, 0) is 14.3 Å². The summed E-state index contributed by atoms with van der Waals surface area (Å²) < 4.78 is 21.4. The predicted octanol–water partition coefficient (Wildman–Crippen LogP) is 4.17. The van der Waals surface area contributed by atoms with Crippen molar-refractivity contribution in [1.29, 1.82) is 0 Å². The zero-order valence-electron chi connectivity index (χ0n) is 18.8. The van der Waals surface area contributed by atoms with Crippen LogP contribution in [0.4, 0.5) is 0 Å². The molecule has 0 aromatic heterocycles. The van der Waals surface area contributed by atoms with Gasteiger partial charge in [-0.05, 0) is 54.7 Å². The van der Waals surface area contributed by atoms with E-state index in [1.165, 1.54) is 7.11 Å². The van der Waals surface area contributed by atoms with Gasteiger partial charge in [0.1, 0.15) is 11.7 Å². The van der Waals surface area contributed by atoms with E-state index in [1.54, 1.807) is 7.11 Å². The van der Waals surface area contributed by atoms with Gasteiger partial charge in [-0.25, -0.2) is 0 Å². The van der Waals surface area contributed by atoms with Gasteiger partial charge in [-0.15, -0.1) is 0 Å². The third-order valence-corrected chi connectivity index (χ3v) is 6.69. The molecule has 2 aromatic rings. The second-order valence-electron chi connectivity index (χ2n) is 8.51. The Labute approximate surface area is 192 Å². The molecule has 33 heavy (non-hydrogen) atoms. The second-order valence-corrected chi connectivity index (χ2v) is 8.51. The topological polar surface area (TPSA) is 83.4 Å². The fraction of sp³-hybridized carbons (Fsp3) is 0.346. The number of rotatable bonds is 4. The first kappa shape index (κ1) is 21.2. The van der Waals surface area contributed by atoms with Gasteiger partial charge in [-0.2, -0.15) is 0 Å². The van der Waals surface area contributed by atoms with E-state index in [1.807, 2.05) is 49.4 Å². The van der Waals surface area contributed by atoms with Gasteiger partial charge in [0.05, 0.1) is 14.2 Å². The number of benzene rings is 2. The number of carbonyl (C=O) groups is 2. The fourth-order valence-corrected chi connectivity index (χ4v) is 5.07. The van der Waals surface area contributed by atoms with Crippen molar-refractivity contribution >= 4 is 17.5 Å². The lowest BCUT2D eigenvalue weighted by Crippen LogP contribution is -2.37. The Morgan fingerprint density at radius 3 is 2.45 bits per heavy atom. The molecule has 5 rings (SSSR count). The van der Waals surface area contributed by atoms with E-state index in [0.29, 0.717) is 35.6 Å². The molecule has 2 aliphatic heterocycles. The van der Waals surface area contributed by atoms with Crippen molar-refractivity contribution in [2.75, 3.05) is 21.0 Å². The molecule has 7 nitrogen and oxygen atoms in total. The maximum absolute atomic E-state index is 13.6. The Morgan fingerprint density at radius 2 is 1.73 bits per heavy atom. The van der Waals surface area contributed by atoms with Crippen LogP contribution < -0.4 is 14.2 Å². The van der Waals surface area contributed by atoms with Gasteiger partial charge in [-0.1, -0.05) is 18.2 Å². The molecule has 1 aliphatic carbocycles. The third kappa shape index (κ3) is 3.67. The van der Waals surface area contributed by atoms with Gasteiger partial charge in [0.2, 0.25) is 6.79 Å². The lowest BCUT2D eigenvalue weighted by atomic mass is 9.69. The summed E-state index contributed by atoms with van der Waals surface area (Å²) in [5, 5.41) is 0. The summed E-state index contributed by atoms with van der Waals surface area (Å²) in [4.78, 5) is 31.1. The van der Waals surface area contributed by atoms with Gasteiger partial charge in [-0.3, -0.25) is 14.6 Å². The number of ether oxygens (including phenoxy) is 4. The zero-order chi connectivity index (χ0) is 23.1. The smallest absolute Gasteiger partial charge is 0.315 e. The number of nitrogens with zero attached hydrogens (tertiary/aromatic N) is 1. The van der Waals surface area contributed by atoms with Gasteiger partial charge in [0.15, 0.2) is 17.3 Å². The predicted molar refractivity (Wildman–Crippen MR) is 121 cm³/mol. The monoisotopic (exact) mass is 447 g/mol. The highest BCUT2D eigenvalue weighted by Gasteiger charge is 2.45. The number of hydrogen-bond acceptors (Lipinski definition) is 7. The number of hydrogen-bond donors (Lipinski definition) is 0. The molecule has 1 unspecified atom stereocenters. The van der Waals surface area contributed by atoms with Gasteiger partial charge >= 0.3 is 5.97 Å². The summed E-state index contributed by atoms with van der Waals surface area (Å²) in [5.41, 5.74) is 3.87. The Morgan fingerprint density at radius 1 is 1.00 bits per heavy atom. The minimum Gasteiger partial charge on any atom is -0.497 e. The Balaban J connectivity index is 1.57. The van der Waals surface area contributed by atoms with Crippen LogP contribution in [0.2, 0.25) is 0 Å². The van der Waals surface area contributed by atoms with Crippen LogP contribution in [-0.4, -0.2) is 38.5 Å². The van der Waals surface area contributed by atoms with Crippen molar-refractivity contribution in [2.45, 2.75) is 31.6 Å². The molecule has 3 atom stereocenters. The molecular formula is C26H25NO6. The van der Waals surface area contributed by atoms with Crippen molar-refractivity contribution in [3.8, 4) is 17.2 Å². The summed E-state index contributed by atoms with van der Waals surface area (Å²) >= 11 is 0. The summed E-state index contributed by atoms with van der Waals surface area (Å²) in [6.07, 6.45) is 0.981. The van der Waals surface area contributed by atoms with Crippen LogP contribution in [0.1, 0.15) is 42.7 Å². The molecule has 170 valence electrons. The molecular weight excluding hydrogens is 422 g/mol. The molecule has 0 saturated carbocycles. The van der Waals surface area contributed by atoms with Crippen LogP contribution >= 0.6 is 0 Å². The van der Waals surface area contributed by atoms with E-state index < -0.39 is 17.8 Å². The minimum absolute atomic E-state index is 0.00453. The highest BCUT2D eigenvalue weighted by Crippen LogP contribution is 2.48. The van der Waals surface area contributed by atoms with E-state index in [2.05, 4.69) is 0 Å². The average Bonchev–Trinajstić information content (AvgIpc) is 3.30. The molecule has 0 bridgehead atoms. The Kier molecular flexibility index (Phi) is 5.40. The van der Waals surface area contributed by atoms with E-state index in [9.17, 15) is 9.59 Å². The first-order chi connectivity index (χ1) is 16.0. The van der Waals surface area contributed by atoms with Gasteiger partial charge in [0.25, 0.3) is 0 Å². The number of carbonyl (C=O) groups excluding carboxylic acids is 2. The standard InChI is InChI=1S/C26H25NO6/c1-14-23(26(29)31-3)24(16-6-9-21-22(12-16)33-13-32-21)25-19(27-14)10-17(11-20(25)28)15-4-7-18(30-2)8-5-15/h4-9,12,17,23-24H,10-11,13H2,1-3H3/t17-,23?,24-/m1/s1. The van der Waals surface area contributed by atoms with Crippen LogP contribution in [0.25, 0.3) is 0 Å². The van der Waals surface area contributed by atoms with E-state index in [4.69, 9.17) is 23.9 Å². The minimum atomic E-state index is -0.671. The van der Waals surface area contributed by atoms with E-state index in [-0.39, 0.29) is 18.5 Å². The van der Waals surface area contributed by atoms with Gasteiger partial charge < -0.3 is 18.9 Å². The Hall–Kier alpha value is -3.61. The van der Waals surface area contributed by atoms with E-state index in [0.717, 1.165) is 22.6 Å². The third-order valence-electron chi connectivity index (χ3n) is 6.69. The molecule has 2 aromatic carbocycles. The first-order valence-corrected chi connectivity index (χ1v) is 10.9. The molecule has 0 N–H and O–H groups in total. The molecule has 3 aliphatic rings. The maximum Gasteiger partial charge on any atom is 0.315 e. The number of fused-ring (bicyclic) bond motifs is 1. The van der Waals surface area contributed by atoms with Crippen molar-refractivity contribution < 1.29 is 28.5 Å². The largest absolute Gasteiger partial charge is 0.497 e. The first-order valence-electron chi connectivity index (χ1n) is 10.9. The number of ketones is 1. The number of Topliss-reactive ketones (excluding diaryl/α,β-unsaturated/α-hetero) is 1. The summed E-state index contributed by atoms with van der Waals surface area (Å²) in [6, 6.07) is 13.4. The van der Waals surface area contributed by atoms with Crippen LogP contribution in [0.3, 0.4) is 0 Å². The molecule has 0 amide bonds. The Bertz CT molecular complexity index is 1180. The summed E-state index contributed by atoms with van der Waals surface area (Å²) in [7, 11) is 2.99. The maximum atomic E-state index is 13.6. The van der Waals surface area contributed by atoms with Crippen molar-refractivity contribution in [1.82, 2.24) is 0 Å². The zero-order valence-corrected chi connectivity index (χ0v) is 18.8. The number of methoxy groups -OCH3 is 2. The molecule has 0 fully saturated rings. The molecule has 7 heteroatoms. The molecule has 0 spiro atoms. The fourth-order valence-electron chi connectivity index (χ4n) is 5.07. The summed E-state index contributed by atoms with van der Waals surface area (Å²) in [6.45, 7) is 1.98.